The fourth-order valence-corrected chi connectivity index (χ4v) is 5.14. The summed E-state index contributed by atoms with van der Waals surface area (Å²) >= 11 is 0. The maximum absolute atomic E-state index is 14.6. The van der Waals surface area contributed by atoms with Crippen molar-refractivity contribution in [1.82, 2.24) is 4.72 Å². The molecule has 1 unspecified atom stereocenters. The summed E-state index contributed by atoms with van der Waals surface area (Å²) in [6, 6.07) is 13.1. The van der Waals surface area contributed by atoms with E-state index < -0.39 is 41.4 Å². The Morgan fingerprint density at radius 3 is 2.40 bits per heavy atom. The maximum atomic E-state index is 14.6. The molecule has 1 atom stereocenters. The summed E-state index contributed by atoms with van der Waals surface area (Å²) in [7, 11) is -4.37. The van der Waals surface area contributed by atoms with Gasteiger partial charge in [-0.1, -0.05) is 48.5 Å². The number of ether oxygens (including phenoxy) is 1. The van der Waals surface area contributed by atoms with Crippen molar-refractivity contribution < 1.29 is 30.7 Å². The minimum Gasteiger partial charge on any atom is -0.487 e. The molecule has 4 rings (SSSR count). The average molecular weight is 439 g/mol. The maximum Gasteiger partial charge on any atom is 0.272 e. The lowest BCUT2D eigenvalue weighted by molar-refractivity contribution is -0.0187. The topological polar surface area (TPSA) is 55.4 Å². The van der Waals surface area contributed by atoms with Crippen molar-refractivity contribution in [2.75, 3.05) is 6.61 Å². The number of halogens is 4. The van der Waals surface area contributed by atoms with E-state index in [1.54, 1.807) is 30.3 Å². The Kier molecular flexibility index (Phi) is 5.19. The zero-order chi connectivity index (χ0) is 21.5. The molecule has 0 saturated carbocycles. The first-order valence-electron chi connectivity index (χ1n) is 9.10. The Labute approximate surface area is 170 Å². The number of benzene rings is 3. The van der Waals surface area contributed by atoms with Gasteiger partial charge in [0.1, 0.15) is 18.4 Å². The van der Waals surface area contributed by atoms with E-state index in [0.717, 1.165) is 0 Å². The molecule has 1 aliphatic carbocycles. The monoisotopic (exact) mass is 439 g/mol. The third kappa shape index (κ3) is 3.75. The minimum atomic E-state index is -4.37. The Morgan fingerprint density at radius 1 is 1.00 bits per heavy atom. The molecule has 1 N–H and O–H groups in total. The zero-order valence-corrected chi connectivity index (χ0v) is 16.3. The molecule has 0 amide bonds. The summed E-state index contributed by atoms with van der Waals surface area (Å²) in [4.78, 5) is -0.234. The van der Waals surface area contributed by atoms with Crippen LogP contribution >= 0.6 is 0 Å². The number of hydrogen-bond acceptors (Lipinski definition) is 3. The quantitative estimate of drug-likeness (QED) is 0.567. The van der Waals surface area contributed by atoms with Gasteiger partial charge < -0.3 is 4.74 Å². The average Bonchev–Trinajstić information content (AvgIpc) is 2.95. The Bertz CT molecular complexity index is 1200. The van der Waals surface area contributed by atoms with Crippen molar-refractivity contribution in [3.63, 3.8) is 0 Å². The lowest BCUT2D eigenvalue weighted by Crippen LogP contribution is -2.38. The number of rotatable bonds is 6. The minimum absolute atomic E-state index is 0.0846. The lowest BCUT2D eigenvalue weighted by atomic mass is 10.1. The molecule has 3 aromatic rings. The van der Waals surface area contributed by atoms with E-state index in [0.29, 0.717) is 10.9 Å². The van der Waals surface area contributed by atoms with Gasteiger partial charge in [-0.3, -0.25) is 0 Å². The molecule has 0 bridgehead atoms. The highest BCUT2D eigenvalue weighted by atomic mass is 32.2. The molecule has 158 valence electrons. The van der Waals surface area contributed by atoms with Gasteiger partial charge >= 0.3 is 0 Å². The molecule has 1 aliphatic rings. The van der Waals surface area contributed by atoms with Crippen molar-refractivity contribution in [3.8, 4) is 5.75 Å². The van der Waals surface area contributed by atoms with Gasteiger partial charge in [0.15, 0.2) is 0 Å². The van der Waals surface area contributed by atoms with Gasteiger partial charge in [0.25, 0.3) is 12.3 Å². The second kappa shape index (κ2) is 7.55. The summed E-state index contributed by atoms with van der Waals surface area (Å²) in [5, 5.41) is 0.478. The van der Waals surface area contributed by atoms with Crippen LogP contribution in [0.2, 0.25) is 0 Å². The molecule has 0 fully saturated rings. The predicted molar refractivity (Wildman–Crippen MR) is 104 cm³/mol. The molecule has 3 aromatic carbocycles. The first-order valence-corrected chi connectivity index (χ1v) is 10.6. The van der Waals surface area contributed by atoms with E-state index in [2.05, 4.69) is 4.72 Å². The van der Waals surface area contributed by atoms with Crippen LogP contribution in [0.3, 0.4) is 0 Å². The molecule has 0 radical (unpaired) electrons. The van der Waals surface area contributed by atoms with E-state index in [-0.39, 0.29) is 21.6 Å². The number of alkyl halides is 4. The molecule has 0 heterocycles. The highest BCUT2D eigenvalue weighted by molar-refractivity contribution is 7.89. The van der Waals surface area contributed by atoms with Gasteiger partial charge in [0, 0.05) is 17.2 Å². The van der Waals surface area contributed by atoms with Gasteiger partial charge in [-0.05, 0) is 23.3 Å². The highest BCUT2D eigenvalue weighted by Gasteiger charge is 2.49. The summed E-state index contributed by atoms with van der Waals surface area (Å²) in [5.41, 5.74) is 0.614. The summed E-state index contributed by atoms with van der Waals surface area (Å²) in [5.74, 6) is -3.20. The smallest absolute Gasteiger partial charge is 0.272 e. The van der Waals surface area contributed by atoms with Crippen LogP contribution in [0.25, 0.3) is 10.8 Å². The van der Waals surface area contributed by atoms with Crippen LogP contribution in [0.15, 0.2) is 65.6 Å². The number of sulfonamides is 1. The highest BCUT2D eigenvalue weighted by Crippen LogP contribution is 2.44. The van der Waals surface area contributed by atoms with Crippen LogP contribution in [0.5, 0.6) is 5.75 Å². The van der Waals surface area contributed by atoms with Crippen molar-refractivity contribution >= 4 is 20.8 Å². The van der Waals surface area contributed by atoms with Crippen LogP contribution in [-0.2, 0) is 16.4 Å². The third-order valence-electron chi connectivity index (χ3n) is 4.99. The molecular formula is C21H17F4NO3S. The van der Waals surface area contributed by atoms with Crippen LogP contribution in [0.4, 0.5) is 17.6 Å². The van der Waals surface area contributed by atoms with Gasteiger partial charge in [0.05, 0.1) is 4.90 Å². The number of fused-ring (bicyclic) bond motifs is 2. The van der Waals surface area contributed by atoms with Gasteiger partial charge in [0.2, 0.25) is 10.0 Å². The molecular weight excluding hydrogens is 422 g/mol. The van der Waals surface area contributed by atoms with Crippen LogP contribution in [0, 0.1) is 0 Å². The van der Waals surface area contributed by atoms with Crippen molar-refractivity contribution in [2.24, 2.45) is 0 Å². The number of hydrogen-bond donors (Lipinski definition) is 1. The predicted octanol–water partition coefficient (Wildman–Crippen LogP) is 4.69. The molecule has 0 spiro atoms. The summed E-state index contributed by atoms with van der Waals surface area (Å²) in [6.07, 6.45) is -3.25. The van der Waals surface area contributed by atoms with Crippen molar-refractivity contribution in [1.29, 1.82) is 0 Å². The van der Waals surface area contributed by atoms with E-state index in [9.17, 15) is 26.0 Å². The third-order valence-corrected chi connectivity index (χ3v) is 6.47. The second-order valence-electron chi connectivity index (χ2n) is 7.00. The first-order chi connectivity index (χ1) is 14.2. The zero-order valence-electron chi connectivity index (χ0n) is 15.5. The molecule has 0 aromatic heterocycles. The Hall–Kier alpha value is -2.65. The molecule has 9 heteroatoms. The van der Waals surface area contributed by atoms with Crippen molar-refractivity contribution in [3.05, 3.63) is 71.8 Å². The molecule has 30 heavy (non-hydrogen) atoms. The second-order valence-corrected chi connectivity index (χ2v) is 8.68. The van der Waals surface area contributed by atoms with Crippen LogP contribution < -0.4 is 9.46 Å². The number of nitrogens with one attached hydrogen (secondary N) is 1. The molecule has 0 saturated heterocycles. The van der Waals surface area contributed by atoms with Crippen LogP contribution in [0.1, 0.15) is 17.2 Å². The standard InChI is InChI=1S/C21H17F4NO3S/c22-19(23)12-29-17-9-10-18(16-8-4-3-7-15(16)17)30(27,28)26-20-14-6-2-1-5-13(14)11-21(20,24)25/h1-10,19-20,26H,11-12H2. The fourth-order valence-electron chi connectivity index (χ4n) is 3.69. The normalized spacial score (nSPS) is 18.0. The molecule has 0 aliphatic heterocycles. The summed E-state index contributed by atoms with van der Waals surface area (Å²) < 4.78 is 87.5. The van der Waals surface area contributed by atoms with Crippen molar-refractivity contribution in [2.45, 2.75) is 29.7 Å². The summed E-state index contributed by atoms with van der Waals surface area (Å²) in [6.45, 7) is -0.848. The molecule has 4 nitrogen and oxygen atoms in total. The van der Waals surface area contributed by atoms with E-state index in [1.165, 1.54) is 30.3 Å². The van der Waals surface area contributed by atoms with Gasteiger partial charge in [-0.25, -0.2) is 26.0 Å². The fraction of sp³-hybridized carbons (Fsp3) is 0.238. The van der Waals surface area contributed by atoms with E-state index >= 15 is 0 Å². The van der Waals surface area contributed by atoms with E-state index in [1.807, 2.05) is 0 Å². The first kappa shape index (κ1) is 20.6. The van der Waals surface area contributed by atoms with Gasteiger partial charge in [-0.2, -0.15) is 4.72 Å². The van der Waals surface area contributed by atoms with Gasteiger partial charge in [-0.15, -0.1) is 0 Å². The van der Waals surface area contributed by atoms with Crippen LogP contribution in [-0.4, -0.2) is 27.4 Å². The van der Waals surface area contributed by atoms with E-state index in [4.69, 9.17) is 4.74 Å². The Morgan fingerprint density at radius 2 is 1.67 bits per heavy atom. The lowest BCUT2D eigenvalue weighted by Gasteiger charge is -2.22. The Balaban J connectivity index is 1.74. The largest absolute Gasteiger partial charge is 0.487 e. The SMILES string of the molecule is O=S(=O)(NC1c2ccccc2CC1(F)F)c1ccc(OCC(F)F)c2ccccc12.